The average molecular weight is 415 g/mol. The molecule has 0 radical (unpaired) electrons. The molecule has 2 aromatic carbocycles. The quantitative estimate of drug-likeness (QED) is 0.787. The molecule has 8 heteroatoms. The first-order chi connectivity index (χ1) is 12.0. The van der Waals surface area contributed by atoms with E-state index in [1.165, 1.54) is 25.1 Å². The summed E-state index contributed by atoms with van der Waals surface area (Å²) in [6, 6.07) is 9.09. The van der Waals surface area contributed by atoms with Crippen molar-refractivity contribution in [1.29, 1.82) is 0 Å². The number of sulfonamides is 1. The first-order valence-corrected chi connectivity index (χ1v) is 10.4. The van der Waals surface area contributed by atoms with Crippen molar-refractivity contribution in [2.75, 3.05) is 15.9 Å². The zero-order chi connectivity index (χ0) is 19.6. The van der Waals surface area contributed by atoms with Crippen LogP contribution in [0.4, 0.5) is 11.4 Å². The summed E-state index contributed by atoms with van der Waals surface area (Å²) >= 11 is 11.9. The topological polar surface area (TPSA) is 66.5 Å². The lowest BCUT2D eigenvalue weighted by Crippen LogP contribution is -2.45. The predicted octanol–water partition coefficient (Wildman–Crippen LogP) is 4.40. The first-order valence-electron chi connectivity index (χ1n) is 7.84. The zero-order valence-electron chi connectivity index (χ0n) is 14.9. The van der Waals surface area contributed by atoms with Gasteiger partial charge in [0, 0.05) is 5.69 Å². The van der Waals surface area contributed by atoms with Gasteiger partial charge in [-0.2, -0.15) is 0 Å². The molecule has 0 aliphatic rings. The summed E-state index contributed by atoms with van der Waals surface area (Å²) in [7, 11) is -3.73. The number of nitrogens with zero attached hydrogens (tertiary/aromatic N) is 1. The first kappa shape index (κ1) is 20.6. The number of para-hydroxylation sites is 1. The number of nitrogens with one attached hydrogen (secondary N) is 1. The Labute approximate surface area is 164 Å². The maximum absolute atomic E-state index is 12.8. The van der Waals surface area contributed by atoms with Crippen LogP contribution in [-0.4, -0.2) is 26.6 Å². The Kier molecular flexibility index (Phi) is 6.21. The second-order valence-electron chi connectivity index (χ2n) is 6.09. The van der Waals surface area contributed by atoms with Crippen LogP contribution in [0.25, 0.3) is 0 Å². The van der Waals surface area contributed by atoms with Gasteiger partial charge in [0.25, 0.3) is 0 Å². The molecule has 1 amide bonds. The third-order valence-corrected chi connectivity index (χ3v) is 5.96. The summed E-state index contributed by atoms with van der Waals surface area (Å²) in [6.45, 7) is 5.27. The van der Waals surface area contributed by atoms with Crippen LogP contribution in [0.2, 0.25) is 10.0 Å². The fourth-order valence-corrected chi connectivity index (χ4v) is 4.13. The van der Waals surface area contributed by atoms with Crippen LogP contribution >= 0.6 is 23.2 Å². The summed E-state index contributed by atoms with van der Waals surface area (Å²) < 4.78 is 25.7. The average Bonchev–Trinajstić information content (AvgIpc) is 2.53. The maximum Gasteiger partial charge on any atom is 0.248 e. The molecule has 0 aliphatic heterocycles. The Balaban J connectivity index is 2.39. The minimum absolute atomic E-state index is 0.208. The van der Waals surface area contributed by atoms with Crippen molar-refractivity contribution in [3.05, 3.63) is 57.6 Å². The second kappa shape index (κ2) is 7.86. The van der Waals surface area contributed by atoms with Gasteiger partial charge in [0.1, 0.15) is 6.04 Å². The minimum atomic E-state index is -3.73. The number of amides is 1. The molecule has 0 spiro atoms. The molecule has 2 aromatic rings. The highest BCUT2D eigenvalue weighted by Crippen LogP contribution is 2.30. The number of carbonyl (C=O) groups excluding carboxylic acids is 1. The lowest BCUT2D eigenvalue weighted by molar-refractivity contribution is -0.116. The molecule has 140 valence electrons. The van der Waals surface area contributed by atoms with Crippen LogP contribution < -0.4 is 9.62 Å². The second-order valence-corrected chi connectivity index (χ2v) is 8.76. The third kappa shape index (κ3) is 4.50. The number of aryl methyl sites for hydroxylation is 2. The van der Waals surface area contributed by atoms with Gasteiger partial charge in [0.2, 0.25) is 15.9 Å². The molecule has 0 saturated carbocycles. The van der Waals surface area contributed by atoms with Crippen LogP contribution in [0.5, 0.6) is 0 Å². The number of hydrogen-bond donors (Lipinski definition) is 1. The van der Waals surface area contributed by atoms with Gasteiger partial charge < -0.3 is 5.32 Å². The number of anilines is 2. The van der Waals surface area contributed by atoms with Crippen molar-refractivity contribution >= 4 is 50.5 Å². The van der Waals surface area contributed by atoms with Gasteiger partial charge in [-0.25, -0.2) is 8.42 Å². The van der Waals surface area contributed by atoms with E-state index in [9.17, 15) is 13.2 Å². The van der Waals surface area contributed by atoms with Crippen LogP contribution in [-0.2, 0) is 14.8 Å². The van der Waals surface area contributed by atoms with Crippen LogP contribution in [0, 0.1) is 13.8 Å². The highest BCUT2D eigenvalue weighted by atomic mass is 35.5. The highest BCUT2D eigenvalue weighted by Gasteiger charge is 2.30. The van der Waals surface area contributed by atoms with Crippen molar-refractivity contribution in [3.8, 4) is 0 Å². The van der Waals surface area contributed by atoms with E-state index in [0.29, 0.717) is 10.7 Å². The van der Waals surface area contributed by atoms with E-state index in [1.807, 2.05) is 32.0 Å². The van der Waals surface area contributed by atoms with Crippen LogP contribution in [0.1, 0.15) is 18.1 Å². The van der Waals surface area contributed by atoms with Crippen molar-refractivity contribution in [2.45, 2.75) is 26.8 Å². The molecular weight excluding hydrogens is 395 g/mol. The molecule has 0 saturated heterocycles. The molecule has 0 unspecified atom stereocenters. The van der Waals surface area contributed by atoms with E-state index < -0.39 is 22.0 Å². The van der Waals surface area contributed by atoms with Gasteiger partial charge in [0.15, 0.2) is 0 Å². The molecule has 1 atom stereocenters. The van der Waals surface area contributed by atoms with Crippen molar-refractivity contribution in [2.24, 2.45) is 0 Å². The lowest BCUT2D eigenvalue weighted by Gasteiger charge is -2.28. The Morgan fingerprint density at radius 3 is 2.15 bits per heavy atom. The summed E-state index contributed by atoms with van der Waals surface area (Å²) in [5.74, 6) is -0.445. The summed E-state index contributed by atoms with van der Waals surface area (Å²) in [5.41, 5.74) is 2.73. The third-order valence-electron chi connectivity index (χ3n) is 3.98. The zero-order valence-corrected chi connectivity index (χ0v) is 17.2. The molecule has 2 rings (SSSR count). The molecule has 0 aromatic heterocycles. The number of hydrogen-bond acceptors (Lipinski definition) is 3. The fourth-order valence-electron chi connectivity index (χ4n) is 2.67. The van der Waals surface area contributed by atoms with Gasteiger partial charge in [-0.1, -0.05) is 41.4 Å². The predicted molar refractivity (Wildman–Crippen MR) is 108 cm³/mol. The monoisotopic (exact) mass is 414 g/mol. The number of carbonyl (C=O) groups is 1. The number of rotatable bonds is 5. The molecule has 1 N–H and O–H groups in total. The number of benzene rings is 2. The Morgan fingerprint density at radius 1 is 1.08 bits per heavy atom. The molecule has 0 aliphatic carbocycles. The van der Waals surface area contributed by atoms with E-state index in [2.05, 4.69) is 5.32 Å². The van der Waals surface area contributed by atoms with E-state index in [-0.39, 0.29) is 10.7 Å². The summed E-state index contributed by atoms with van der Waals surface area (Å²) in [4.78, 5) is 12.8. The largest absolute Gasteiger partial charge is 0.324 e. The maximum atomic E-state index is 12.8. The summed E-state index contributed by atoms with van der Waals surface area (Å²) in [6.07, 6.45) is 1.04. The Bertz CT molecular complexity index is 925. The van der Waals surface area contributed by atoms with Crippen molar-refractivity contribution in [1.82, 2.24) is 0 Å². The van der Waals surface area contributed by atoms with Crippen molar-refractivity contribution < 1.29 is 13.2 Å². The molecular formula is C18H20Cl2N2O3S. The standard InChI is InChI=1S/C18H20Cl2N2O3S/c1-11-6-5-7-12(2)17(11)21-18(23)13(3)22(26(4,24)25)14-8-9-15(19)16(20)10-14/h5-10,13H,1-4H3,(H,21,23)/t13-/m1/s1. The lowest BCUT2D eigenvalue weighted by atomic mass is 10.1. The molecule has 0 bridgehead atoms. The van der Waals surface area contributed by atoms with Crippen LogP contribution in [0.15, 0.2) is 36.4 Å². The fraction of sp³-hybridized carbons (Fsp3) is 0.278. The number of halogens is 2. The van der Waals surface area contributed by atoms with E-state index in [1.54, 1.807) is 0 Å². The Morgan fingerprint density at radius 2 is 1.65 bits per heavy atom. The Hall–Kier alpha value is -1.76. The highest BCUT2D eigenvalue weighted by molar-refractivity contribution is 7.92. The van der Waals surface area contributed by atoms with E-state index in [4.69, 9.17) is 23.2 Å². The van der Waals surface area contributed by atoms with Gasteiger partial charge in [-0.15, -0.1) is 0 Å². The normalized spacial score (nSPS) is 12.5. The van der Waals surface area contributed by atoms with Gasteiger partial charge in [0.05, 0.1) is 22.0 Å². The van der Waals surface area contributed by atoms with Crippen molar-refractivity contribution in [3.63, 3.8) is 0 Å². The van der Waals surface area contributed by atoms with Crippen LogP contribution in [0.3, 0.4) is 0 Å². The van der Waals surface area contributed by atoms with Gasteiger partial charge >= 0.3 is 0 Å². The van der Waals surface area contributed by atoms with E-state index in [0.717, 1.165) is 21.7 Å². The summed E-state index contributed by atoms with van der Waals surface area (Å²) in [5, 5.41) is 3.33. The smallest absolute Gasteiger partial charge is 0.248 e. The SMILES string of the molecule is Cc1cccc(C)c1NC(=O)[C@@H](C)N(c1ccc(Cl)c(Cl)c1)S(C)(=O)=O. The molecule has 5 nitrogen and oxygen atoms in total. The van der Waals surface area contributed by atoms with E-state index >= 15 is 0 Å². The molecule has 26 heavy (non-hydrogen) atoms. The molecule has 0 fully saturated rings. The minimum Gasteiger partial charge on any atom is -0.324 e. The van der Waals surface area contributed by atoms with Gasteiger partial charge in [-0.3, -0.25) is 9.10 Å². The van der Waals surface area contributed by atoms with Gasteiger partial charge in [-0.05, 0) is 50.1 Å². The molecule has 0 heterocycles.